The van der Waals surface area contributed by atoms with E-state index in [1.54, 1.807) is 24.5 Å². The van der Waals surface area contributed by atoms with Crippen LogP contribution in [0.3, 0.4) is 0 Å². The van der Waals surface area contributed by atoms with Crippen molar-refractivity contribution >= 4 is 11.6 Å². The number of rotatable bonds is 5. The van der Waals surface area contributed by atoms with Gasteiger partial charge in [-0.05, 0) is 29.8 Å². The monoisotopic (exact) mass is 269 g/mol. The number of aromatic nitrogens is 1. The Bertz CT molecular complexity index is 567. The average molecular weight is 269 g/mol. The normalized spacial score (nSPS) is 10.6. The molecule has 0 aliphatic heterocycles. The Kier molecular flexibility index (Phi) is 4.85. The predicted molar refractivity (Wildman–Crippen MR) is 80.6 cm³/mol. The number of anilines is 1. The summed E-state index contributed by atoms with van der Waals surface area (Å²) in [6, 6.07) is 11.7. The van der Waals surface area contributed by atoms with Crippen LogP contribution in [0, 0.1) is 0 Å². The van der Waals surface area contributed by atoms with E-state index in [-0.39, 0.29) is 5.91 Å². The molecule has 0 saturated heterocycles. The van der Waals surface area contributed by atoms with E-state index in [4.69, 9.17) is 0 Å². The third-order valence-corrected chi connectivity index (χ3v) is 2.84. The maximum absolute atomic E-state index is 12.0. The molecule has 1 amide bonds. The van der Waals surface area contributed by atoms with Crippen LogP contribution in [0.5, 0.6) is 0 Å². The second-order valence-corrected chi connectivity index (χ2v) is 4.93. The van der Waals surface area contributed by atoms with Crippen molar-refractivity contribution in [3.63, 3.8) is 0 Å². The molecule has 0 aliphatic rings. The third-order valence-electron chi connectivity index (χ3n) is 2.84. The molecule has 0 radical (unpaired) electrons. The molecular formula is C16H19N3O. The SMILES string of the molecule is CC(C)NCc1cccc(NC(=O)c2ccncc2)c1. The molecule has 0 bridgehead atoms. The van der Waals surface area contributed by atoms with Crippen LogP contribution in [0.4, 0.5) is 5.69 Å². The summed E-state index contributed by atoms with van der Waals surface area (Å²) in [6.45, 7) is 5.00. The number of nitrogens with zero attached hydrogens (tertiary/aromatic N) is 1. The predicted octanol–water partition coefficient (Wildman–Crippen LogP) is 2.83. The minimum Gasteiger partial charge on any atom is -0.322 e. The maximum Gasteiger partial charge on any atom is 0.255 e. The summed E-state index contributed by atoms with van der Waals surface area (Å²) in [5.74, 6) is -0.124. The maximum atomic E-state index is 12.0. The largest absolute Gasteiger partial charge is 0.322 e. The second-order valence-electron chi connectivity index (χ2n) is 4.93. The fourth-order valence-electron chi connectivity index (χ4n) is 1.79. The Labute approximate surface area is 119 Å². The molecule has 0 atom stereocenters. The number of benzene rings is 1. The molecule has 2 rings (SSSR count). The summed E-state index contributed by atoms with van der Waals surface area (Å²) >= 11 is 0. The van der Waals surface area contributed by atoms with Gasteiger partial charge < -0.3 is 10.6 Å². The molecule has 1 aromatic heterocycles. The molecule has 4 nitrogen and oxygen atoms in total. The minimum atomic E-state index is -0.124. The number of carbonyl (C=O) groups is 1. The molecule has 1 heterocycles. The lowest BCUT2D eigenvalue weighted by molar-refractivity contribution is 0.102. The first kappa shape index (κ1) is 14.2. The molecule has 2 aromatic rings. The summed E-state index contributed by atoms with van der Waals surface area (Å²) in [5, 5.41) is 6.24. The molecule has 0 aliphatic carbocycles. The van der Waals surface area contributed by atoms with E-state index in [0.717, 1.165) is 17.8 Å². The van der Waals surface area contributed by atoms with Crippen LogP contribution in [0.1, 0.15) is 29.8 Å². The van der Waals surface area contributed by atoms with Gasteiger partial charge in [-0.3, -0.25) is 9.78 Å². The number of hydrogen-bond donors (Lipinski definition) is 2. The van der Waals surface area contributed by atoms with Crippen LogP contribution in [-0.4, -0.2) is 16.9 Å². The van der Waals surface area contributed by atoms with E-state index in [2.05, 4.69) is 29.5 Å². The Morgan fingerprint density at radius 2 is 1.95 bits per heavy atom. The highest BCUT2D eigenvalue weighted by atomic mass is 16.1. The average Bonchev–Trinajstić information content (AvgIpc) is 2.46. The molecule has 2 N–H and O–H groups in total. The van der Waals surface area contributed by atoms with Crippen molar-refractivity contribution in [2.24, 2.45) is 0 Å². The molecule has 20 heavy (non-hydrogen) atoms. The van der Waals surface area contributed by atoms with Gasteiger partial charge in [0.1, 0.15) is 0 Å². The smallest absolute Gasteiger partial charge is 0.255 e. The standard InChI is InChI=1S/C16H19N3O/c1-12(2)18-11-13-4-3-5-15(10-13)19-16(20)14-6-8-17-9-7-14/h3-10,12,18H,11H2,1-2H3,(H,19,20). The zero-order chi connectivity index (χ0) is 14.4. The van der Waals surface area contributed by atoms with Gasteiger partial charge in [-0.2, -0.15) is 0 Å². The lowest BCUT2D eigenvalue weighted by Gasteiger charge is -2.10. The van der Waals surface area contributed by atoms with E-state index >= 15 is 0 Å². The van der Waals surface area contributed by atoms with Gasteiger partial charge in [-0.15, -0.1) is 0 Å². The molecule has 0 unspecified atom stereocenters. The second kappa shape index (κ2) is 6.82. The van der Waals surface area contributed by atoms with Crippen LogP contribution in [0.15, 0.2) is 48.8 Å². The number of carbonyl (C=O) groups excluding carboxylic acids is 1. The summed E-state index contributed by atoms with van der Waals surface area (Å²) in [5.41, 5.74) is 2.55. The first-order chi connectivity index (χ1) is 9.65. The Balaban J connectivity index is 2.02. The molecule has 0 fully saturated rings. The van der Waals surface area contributed by atoms with E-state index in [0.29, 0.717) is 11.6 Å². The molecule has 0 spiro atoms. The first-order valence-electron chi connectivity index (χ1n) is 6.69. The van der Waals surface area contributed by atoms with Crippen LogP contribution in [0.25, 0.3) is 0 Å². The van der Waals surface area contributed by atoms with Crippen molar-refractivity contribution in [3.8, 4) is 0 Å². The van der Waals surface area contributed by atoms with Gasteiger partial charge in [0.15, 0.2) is 0 Å². The van der Waals surface area contributed by atoms with Gasteiger partial charge in [-0.25, -0.2) is 0 Å². The molecule has 1 aromatic carbocycles. The lowest BCUT2D eigenvalue weighted by Crippen LogP contribution is -2.21. The minimum absolute atomic E-state index is 0.124. The van der Waals surface area contributed by atoms with Crippen LogP contribution in [-0.2, 0) is 6.54 Å². The lowest BCUT2D eigenvalue weighted by atomic mass is 10.2. The quantitative estimate of drug-likeness (QED) is 0.877. The Morgan fingerprint density at radius 3 is 2.65 bits per heavy atom. The number of hydrogen-bond acceptors (Lipinski definition) is 3. The Morgan fingerprint density at radius 1 is 1.20 bits per heavy atom. The first-order valence-corrected chi connectivity index (χ1v) is 6.69. The molecular weight excluding hydrogens is 250 g/mol. The van der Waals surface area contributed by atoms with Gasteiger partial charge in [-0.1, -0.05) is 26.0 Å². The molecule has 104 valence electrons. The van der Waals surface area contributed by atoms with E-state index in [1.165, 1.54) is 0 Å². The van der Waals surface area contributed by atoms with E-state index < -0.39 is 0 Å². The van der Waals surface area contributed by atoms with Crippen molar-refractivity contribution < 1.29 is 4.79 Å². The third kappa shape index (κ3) is 4.17. The zero-order valence-corrected chi connectivity index (χ0v) is 11.8. The summed E-state index contributed by atoms with van der Waals surface area (Å²) in [6.07, 6.45) is 3.22. The van der Waals surface area contributed by atoms with Gasteiger partial charge >= 0.3 is 0 Å². The van der Waals surface area contributed by atoms with Crippen LogP contribution >= 0.6 is 0 Å². The molecule has 0 saturated carbocycles. The molecule has 4 heteroatoms. The van der Waals surface area contributed by atoms with Crippen molar-refractivity contribution in [2.75, 3.05) is 5.32 Å². The summed E-state index contributed by atoms with van der Waals surface area (Å²) in [4.78, 5) is 15.9. The summed E-state index contributed by atoms with van der Waals surface area (Å²) < 4.78 is 0. The van der Waals surface area contributed by atoms with E-state index in [9.17, 15) is 4.79 Å². The van der Waals surface area contributed by atoms with Crippen LogP contribution in [0.2, 0.25) is 0 Å². The fourth-order valence-corrected chi connectivity index (χ4v) is 1.79. The highest BCUT2D eigenvalue weighted by molar-refractivity contribution is 6.04. The van der Waals surface area contributed by atoms with Crippen molar-refractivity contribution in [1.82, 2.24) is 10.3 Å². The zero-order valence-electron chi connectivity index (χ0n) is 11.8. The van der Waals surface area contributed by atoms with Gasteiger partial charge in [0.05, 0.1) is 0 Å². The topological polar surface area (TPSA) is 54.0 Å². The summed E-state index contributed by atoms with van der Waals surface area (Å²) in [7, 11) is 0. The number of pyridine rings is 1. The van der Waals surface area contributed by atoms with Gasteiger partial charge in [0.2, 0.25) is 0 Å². The van der Waals surface area contributed by atoms with Gasteiger partial charge in [0, 0.05) is 36.2 Å². The Hall–Kier alpha value is -2.20. The number of nitrogens with one attached hydrogen (secondary N) is 2. The van der Waals surface area contributed by atoms with Crippen molar-refractivity contribution in [1.29, 1.82) is 0 Å². The van der Waals surface area contributed by atoms with Gasteiger partial charge in [0.25, 0.3) is 5.91 Å². The highest BCUT2D eigenvalue weighted by Crippen LogP contribution is 2.12. The fraction of sp³-hybridized carbons (Fsp3) is 0.250. The highest BCUT2D eigenvalue weighted by Gasteiger charge is 2.05. The van der Waals surface area contributed by atoms with Crippen LogP contribution < -0.4 is 10.6 Å². The van der Waals surface area contributed by atoms with E-state index in [1.807, 2.05) is 24.3 Å². The van der Waals surface area contributed by atoms with Crippen molar-refractivity contribution in [2.45, 2.75) is 26.4 Å². The number of amides is 1. The van der Waals surface area contributed by atoms with Crippen molar-refractivity contribution in [3.05, 3.63) is 59.9 Å².